The minimum Gasteiger partial charge on any atom is -0.370 e. The number of hydrogen-bond acceptors (Lipinski definition) is 3. The monoisotopic (exact) mass is 325 g/mol. The van der Waals surface area contributed by atoms with Crippen molar-refractivity contribution in [1.29, 1.82) is 0 Å². The number of rotatable bonds is 5. The van der Waals surface area contributed by atoms with Crippen molar-refractivity contribution in [1.82, 2.24) is 5.32 Å². The lowest BCUT2D eigenvalue weighted by molar-refractivity contribution is 0.1000. The van der Waals surface area contributed by atoms with Crippen LogP contribution < -0.4 is 16.0 Å². The molecular weight excluding hydrogens is 306 g/mol. The smallest absolute Gasteiger partial charge is 0.251 e. The molecule has 1 amide bonds. The van der Waals surface area contributed by atoms with Crippen LogP contribution >= 0.6 is 15.9 Å². The first-order chi connectivity index (χ1) is 9.13. The fourth-order valence-electron chi connectivity index (χ4n) is 2.60. The number of carbonyl (C=O) groups is 1. The summed E-state index contributed by atoms with van der Waals surface area (Å²) in [6.07, 6.45) is 2.42. The number of nitrogens with two attached hydrogens (primary N) is 1. The summed E-state index contributed by atoms with van der Waals surface area (Å²) in [6, 6.07) is 6.25. The second kappa shape index (κ2) is 6.39. The zero-order chi connectivity index (χ0) is 13.8. The van der Waals surface area contributed by atoms with Gasteiger partial charge in [0.05, 0.1) is 11.3 Å². The van der Waals surface area contributed by atoms with E-state index in [4.69, 9.17) is 5.73 Å². The van der Waals surface area contributed by atoms with Crippen molar-refractivity contribution in [2.24, 2.45) is 5.73 Å². The van der Waals surface area contributed by atoms with Gasteiger partial charge in [-0.3, -0.25) is 4.79 Å². The van der Waals surface area contributed by atoms with E-state index in [-0.39, 0.29) is 5.91 Å². The van der Waals surface area contributed by atoms with E-state index in [0.29, 0.717) is 11.6 Å². The molecule has 1 aromatic rings. The van der Waals surface area contributed by atoms with Gasteiger partial charge in [-0.25, -0.2) is 0 Å². The highest BCUT2D eigenvalue weighted by Crippen LogP contribution is 2.28. The van der Waals surface area contributed by atoms with Gasteiger partial charge in [0, 0.05) is 23.6 Å². The number of halogens is 1. The highest BCUT2D eigenvalue weighted by Gasteiger charge is 2.21. The molecule has 1 aromatic carbocycles. The van der Waals surface area contributed by atoms with Crippen LogP contribution in [0.4, 0.5) is 5.69 Å². The SMILES string of the molecule is CCN(CC1CCCN1)c1cccc(Br)c1C(N)=O. The molecule has 1 atom stereocenters. The molecule has 1 heterocycles. The van der Waals surface area contributed by atoms with E-state index in [1.54, 1.807) is 0 Å². The predicted molar refractivity (Wildman–Crippen MR) is 81.6 cm³/mol. The van der Waals surface area contributed by atoms with Gasteiger partial charge in [0.2, 0.25) is 0 Å². The average molecular weight is 326 g/mol. The Morgan fingerprint density at radius 3 is 2.95 bits per heavy atom. The van der Waals surface area contributed by atoms with E-state index in [1.165, 1.54) is 12.8 Å². The van der Waals surface area contributed by atoms with Crippen molar-refractivity contribution >= 4 is 27.5 Å². The number of likely N-dealkylation sites (N-methyl/N-ethyl adjacent to an activating group) is 1. The van der Waals surface area contributed by atoms with Crippen LogP contribution in [0.5, 0.6) is 0 Å². The van der Waals surface area contributed by atoms with Crippen molar-refractivity contribution in [3.8, 4) is 0 Å². The van der Waals surface area contributed by atoms with Crippen LogP contribution in [0.25, 0.3) is 0 Å². The molecule has 0 spiro atoms. The minimum atomic E-state index is -0.389. The lowest BCUT2D eigenvalue weighted by Crippen LogP contribution is -2.38. The topological polar surface area (TPSA) is 58.4 Å². The summed E-state index contributed by atoms with van der Waals surface area (Å²) in [5.41, 5.74) is 6.99. The van der Waals surface area contributed by atoms with Crippen molar-refractivity contribution < 1.29 is 4.79 Å². The van der Waals surface area contributed by atoms with Crippen LogP contribution in [0, 0.1) is 0 Å². The number of amides is 1. The fourth-order valence-corrected chi connectivity index (χ4v) is 3.15. The molecule has 0 aromatic heterocycles. The largest absolute Gasteiger partial charge is 0.370 e. The Morgan fingerprint density at radius 1 is 1.58 bits per heavy atom. The summed E-state index contributed by atoms with van der Waals surface area (Å²) in [5, 5.41) is 3.48. The van der Waals surface area contributed by atoms with E-state index >= 15 is 0 Å². The third kappa shape index (κ3) is 3.28. The molecule has 1 fully saturated rings. The predicted octanol–water partition coefficient (Wildman–Crippen LogP) is 2.13. The summed E-state index contributed by atoms with van der Waals surface area (Å²) in [7, 11) is 0. The van der Waals surface area contributed by atoms with Crippen molar-refractivity contribution in [3.63, 3.8) is 0 Å². The summed E-state index contributed by atoms with van der Waals surface area (Å²) in [6.45, 7) is 4.95. The van der Waals surface area contributed by atoms with Gasteiger partial charge in [0.15, 0.2) is 0 Å². The molecule has 1 unspecified atom stereocenters. The molecule has 4 nitrogen and oxygen atoms in total. The molecular formula is C14H20BrN3O. The number of nitrogens with zero attached hydrogens (tertiary/aromatic N) is 1. The molecule has 19 heavy (non-hydrogen) atoms. The Morgan fingerprint density at radius 2 is 2.37 bits per heavy atom. The Hall–Kier alpha value is -1.07. The molecule has 0 saturated carbocycles. The third-order valence-electron chi connectivity index (χ3n) is 3.56. The molecule has 104 valence electrons. The quantitative estimate of drug-likeness (QED) is 0.871. The van der Waals surface area contributed by atoms with Gasteiger partial charge in [-0.2, -0.15) is 0 Å². The standard InChI is InChI=1S/C14H20BrN3O/c1-2-18(9-10-5-4-8-17-10)12-7-3-6-11(15)13(12)14(16)19/h3,6-7,10,17H,2,4-5,8-9H2,1H3,(H2,16,19). The highest BCUT2D eigenvalue weighted by atomic mass is 79.9. The first kappa shape index (κ1) is 14.3. The minimum absolute atomic E-state index is 0.389. The molecule has 5 heteroatoms. The Labute approximate surface area is 122 Å². The summed E-state index contributed by atoms with van der Waals surface area (Å²) in [4.78, 5) is 13.9. The van der Waals surface area contributed by atoms with Gasteiger partial charge < -0.3 is 16.0 Å². The zero-order valence-electron chi connectivity index (χ0n) is 11.2. The van der Waals surface area contributed by atoms with Crippen molar-refractivity contribution in [2.45, 2.75) is 25.8 Å². The lowest BCUT2D eigenvalue weighted by atomic mass is 10.1. The lowest BCUT2D eigenvalue weighted by Gasteiger charge is -2.28. The van der Waals surface area contributed by atoms with Gasteiger partial charge in [0.25, 0.3) is 5.91 Å². The van der Waals surface area contributed by atoms with E-state index in [1.807, 2.05) is 18.2 Å². The summed E-state index contributed by atoms with van der Waals surface area (Å²) in [5.74, 6) is -0.389. The Bertz CT molecular complexity index is 458. The van der Waals surface area contributed by atoms with Gasteiger partial charge in [-0.05, 0) is 54.4 Å². The highest BCUT2D eigenvalue weighted by molar-refractivity contribution is 9.10. The first-order valence-electron chi connectivity index (χ1n) is 6.70. The second-order valence-corrected chi connectivity index (χ2v) is 5.68. The molecule has 1 saturated heterocycles. The molecule has 0 aliphatic carbocycles. The third-order valence-corrected chi connectivity index (χ3v) is 4.22. The second-order valence-electron chi connectivity index (χ2n) is 4.83. The van der Waals surface area contributed by atoms with Crippen LogP contribution in [-0.2, 0) is 0 Å². The van der Waals surface area contributed by atoms with Crippen LogP contribution in [0.15, 0.2) is 22.7 Å². The zero-order valence-corrected chi connectivity index (χ0v) is 12.7. The number of primary amides is 1. The maximum atomic E-state index is 11.7. The van der Waals surface area contributed by atoms with Crippen molar-refractivity contribution in [3.05, 3.63) is 28.2 Å². The van der Waals surface area contributed by atoms with Gasteiger partial charge >= 0.3 is 0 Å². The molecule has 1 aliphatic rings. The number of carbonyl (C=O) groups excluding carboxylic acids is 1. The maximum absolute atomic E-state index is 11.7. The fraction of sp³-hybridized carbons (Fsp3) is 0.500. The van der Waals surface area contributed by atoms with E-state index < -0.39 is 0 Å². The van der Waals surface area contributed by atoms with E-state index in [2.05, 4.69) is 33.1 Å². The summed E-state index contributed by atoms with van der Waals surface area (Å²) >= 11 is 3.41. The molecule has 1 aliphatic heterocycles. The summed E-state index contributed by atoms with van der Waals surface area (Å²) < 4.78 is 0.760. The molecule has 0 bridgehead atoms. The normalized spacial score (nSPS) is 18.5. The number of hydrogen-bond donors (Lipinski definition) is 2. The molecule has 3 N–H and O–H groups in total. The number of benzene rings is 1. The number of anilines is 1. The average Bonchev–Trinajstić information content (AvgIpc) is 2.88. The number of nitrogens with one attached hydrogen (secondary N) is 1. The Kier molecular flexibility index (Phi) is 4.82. The molecule has 2 rings (SSSR count). The molecule has 0 radical (unpaired) electrons. The van der Waals surface area contributed by atoms with Crippen LogP contribution in [0.2, 0.25) is 0 Å². The van der Waals surface area contributed by atoms with Crippen molar-refractivity contribution in [2.75, 3.05) is 24.5 Å². The van der Waals surface area contributed by atoms with E-state index in [0.717, 1.165) is 29.8 Å². The van der Waals surface area contributed by atoms with E-state index in [9.17, 15) is 4.79 Å². The van der Waals surface area contributed by atoms with Gasteiger partial charge in [0.1, 0.15) is 0 Å². The van der Waals surface area contributed by atoms with Gasteiger partial charge in [-0.1, -0.05) is 6.07 Å². The van der Waals surface area contributed by atoms with Gasteiger partial charge in [-0.15, -0.1) is 0 Å². The Balaban J connectivity index is 2.26. The first-order valence-corrected chi connectivity index (χ1v) is 7.49. The maximum Gasteiger partial charge on any atom is 0.251 e. The van der Waals surface area contributed by atoms with Crippen LogP contribution in [-0.4, -0.2) is 31.6 Å². The van der Waals surface area contributed by atoms with Crippen LogP contribution in [0.1, 0.15) is 30.1 Å². The van der Waals surface area contributed by atoms with Crippen LogP contribution in [0.3, 0.4) is 0 Å².